The topological polar surface area (TPSA) is 69.6 Å². The van der Waals surface area contributed by atoms with E-state index in [0.29, 0.717) is 5.56 Å². The van der Waals surface area contributed by atoms with Crippen LogP contribution in [0.5, 0.6) is 5.75 Å². The van der Waals surface area contributed by atoms with Crippen LogP contribution in [0.4, 0.5) is 0 Å². The van der Waals surface area contributed by atoms with Crippen LogP contribution in [0.25, 0.3) is 0 Å². The molecule has 0 saturated carbocycles. The predicted octanol–water partition coefficient (Wildman–Crippen LogP) is 1.82. The van der Waals surface area contributed by atoms with E-state index in [9.17, 15) is 9.90 Å². The summed E-state index contributed by atoms with van der Waals surface area (Å²) >= 11 is 0. The van der Waals surface area contributed by atoms with Crippen LogP contribution in [0.15, 0.2) is 18.2 Å². The van der Waals surface area contributed by atoms with Crippen molar-refractivity contribution in [2.75, 3.05) is 0 Å². The number of benzene rings is 1. The standard InChI is InChI=1S/C12H17NO3/c1-7(2)13-11(12(15)16)9-6-8(3)4-5-10(9)14/h4-7,11,13-14H,1-3H3,(H,15,16). The van der Waals surface area contributed by atoms with Gasteiger partial charge in [0.2, 0.25) is 0 Å². The van der Waals surface area contributed by atoms with Crippen molar-refractivity contribution in [1.29, 1.82) is 0 Å². The molecule has 0 radical (unpaired) electrons. The van der Waals surface area contributed by atoms with Crippen LogP contribution in [-0.4, -0.2) is 22.2 Å². The molecule has 3 N–H and O–H groups in total. The summed E-state index contributed by atoms with van der Waals surface area (Å²) in [5, 5.41) is 21.7. The first-order chi connectivity index (χ1) is 7.41. The fraction of sp³-hybridized carbons (Fsp3) is 0.417. The molecule has 4 nitrogen and oxygen atoms in total. The Labute approximate surface area is 94.9 Å². The van der Waals surface area contributed by atoms with E-state index in [0.717, 1.165) is 5.56 Å². The van der Waals surface area contributed by atoms with Crippen molar-refractivity contribution in [1.82, 2.24) is 5.32 Å². The molecule has 0 aromatic heterocycles. The molecule has 0 fully saturated rings. The molecule has 16 heavy (non-hydrogen) atoms. The van der Waals surface area contributed by atoms with E-state index in [4.69, 9.17) is 5.11 Å². The van der Waals surface area contributed by atoms with Crippen molar-refractivity contribution in [2.45, 2.75) is 32.9 Å². The molecule has 0 bridgehead atoms. The second-order valence-corrected chi connectivity index (χ2v) is 4.15. The Kier molecular flexibility index (Phi) is 3.90. The summed E-state index contributed by atoms with van der Waals surface area (Å²) in [6.07, 6.45) is 0. The number of rotatable bonds is 4. The van der Waals surface area contributed by atoms with Gasteiger partial charge in [-0.25, -0.2) is 0 Å². The molecule has 88 valence electrons. The second kappa shape index (κ2) is 4.99. The first-order valence-electron chi connectivity index (χ1n) is 5.20. The maximum Gasteiger partial charge on any atom is 0.325 e. The summed E-state index contributed by atoms with van der Waals surface area (Å²) in [5.74, 6) is -0.985. The minimum absolute atomic E-state index is 0.00569. The van der Waals surface area contributed by atoms with Crippen molar-refractivity contribution in [3.8, 4) is 5.75 Å². The van der Waals surface area contributed by atoms with Crippen LogP contribution in [0.3, 0.4) is 0 Å². The molecule has 1 aromatic carbocycles. The molecule has 1 atom stereocenters. The largest absolute Gasteiger partial charge is 0.508 e. The Hall–Kier alpha value is -1.55. The SMILES string of the molecule is Cc1ccc(O)c(C(NC(C)C)C(=O)O)c1. The summed E-state index contributed by atoms with van der Waals surface area (Å²) in [6.45, 7) is 5.59. The van der Waals surface area contributed by atoms with Gasteiger partial charge in [0.25, 0.3) is 0 Å². The lowest BCUT2D eigenvalue weighted by molar-refractivity contribution is -0.139. The highest BCUT2D eigenvalue weighted by molar-refractivity contribution is 5.76. The van der Waals surface area contributed by atoms with Gasteiger partial charge in [0.05, 0.1) is 0 Å². The van der Waals surface area contributed by atoms with Gasteiger partial charge in [0.1, 0.15) is 11.8 Å². The maximum atomic E-state index is 11.1. The third-order valence-corrected chi connectivity index (χ3v) is 2.24. The van der Waals surface area contributed by atoms with E-state index < -0.39 is 12.0 Å². The lowest BCUT2D eigenvalue weighted by Gasteiger charge is -2.19. The molecular formula is C12H17NO3. The molecule has 0 amide bonds. The van der Waals surface area contributed by atoms with Gasteiger partial charge in [0.15, 0.2) is 0 Å². The zero-order valence-electron chi connectivity index (χ0n) is 9.69. The van der Waals surface area contributed by atoms with Crippen LogP contribution >= 0.6 is 0 Å². The third-order valence-electron chi connectivity index (χ3n) is 2.24. The number of carboxylic acids is 1. The van der Waals surface area contributed by atoms with E-state index in [1.165, 1.54) is 6.07 Å². The average Bonchev–Trinajstić information content (AvgIpc) is 2.18. The highest BCUT2D eigenvalue weighted by atomic mass is 16.4. The van der Waals surface area contributed by atoms with E-state index in [2.05, 4.69) is 5.32 Å². The number of hydrogen-bond acceptors (Lipinski definition) is 3. The molecule has 0 aliphatic carbocycles. The van der Waals surface area contributed by atoms with Gasteiger partial charge in [-0.05, 0) is 26.8 Å². The number of carboxylic acid groups (broad SMARTS) is 1. The normalized spacial score (nSPS) is 12.8. The molecule has 1 aromatic rings. The summed E-state index contributed by atoms with van der Waals surface area (Å²) in [7, 11) is 0. The molecule has 0 saturated heterocycles. The number of aryl methyl sites for hydroxylation is 1. The highest BCUT2D eigenvalue weighted by Gasteiger charge is 2.23. The summed E-state index contributed by atoms with van der Waals surface area (Å²) < 4.78 is 0. The van der Waals surface area contributed by atoms with E-state index >= 15 is 0 Å². The molecule has 0 aliphatic heterocycles. The van der Waals surface area contributed by atoms with Crippen LogP contribution in [-0.2, 0) is 4.79 Å². The van der Waals surface area contributed by atoms with Crippen molar-refractivity contribution in [3.63, 3.8) is 0 Å². The molecule has 1 unspecified atom stereocenters. The highest BCUT2D eigenvalue weighted by Crippen LogP contribution is 2.25. The average molecular weight is 223 g/mol. The third kappa shape index (κ3) is 2.97. The van der Waals surface area contributed by atoms with Crippen LogP contribution in [0.2, 0.25) is 0 Å². The Bertz CT molecular complexity index is 388. The molecule has 4 heteroatoms. The Balaban J connectivity index is 3.10. The maximum absolute atomic E-state index is 11.1. The lowest BCUT2D eigenvalue weighted by atomic mass is 10.0. The molecular weight excluding hydrogens is 206 g/mol. The van der Waals surface area contributed by atoms with Gasteiger partial charge in [-0.3, -0.25) is 10.1 Å². The Morgan fingerprint density at radius 3 is 2.50 bits per heavy atom. The smallest absolute Gasteiger partial charge is 0.325 e. The summed E-state index contributed by atoms with van der Waals surface area (Å²) in [4.78, 5) is 11.1. The van der Waals surface area contributed by atoms with Gasteiger partial charge in [-0.15, -0.1) is 0 Å². The zero-order valence-corrected chi connectivity index (χ0v) is 9.69. The first-order valence-corrected chi connectivity index (χ1v) is 5.20. The Morgan fingerprint density at radius 2 is 2.00 bits per heavy atom. The van der Waals surface area contributed by atoms with Crippen molar-refractivity contribution >= 4 is 5.97 Å². The monoisotopic (exact) mass is 223 g/mol. The van der Waals surface area contributed by atoms with Crippen molar-refractivity contribution in [2.24, 2.45) is 0 Å². The fourth-order valence-corrected chi connectivity index (χ4v) is 1.53. The molecule has 0 heterocycles. The van der Waals surface area contributed by atoms with Gasteiger partial charge >= 0.3 is 5.97 Å². The number of phenolic OH excluding ortho intramolecular Hbond substituents is 1. The van der Waals surface area contributed by atoms with Crippen molar-refractivity contribution < 1.29 is 15.0 Å². The van der Waals surface area contributed by atoms with Gasteiger partial charge in [-0.2, -0.15) is 0 Å². The van der Waals surface area contributed by atoms with Crippen LogP contribution in [0.1, 0.15) is 31.0 Å². The minimum Gasteiger partial charge on any atom is -0.508 e. The van der Waals surface area contributed by atoms with Gasteiger partial charge in [0, 0.05) is 11.6 Å². The number of carbonyl (C=O) groups is 1. The molecule has 0 spiro atoms. The number of nitrogens with one attached hydrogen (secondary N) is 1. The minimum atomic E-state index is -0.991. The van der Waals surface area contributed by atoms with Crippen LogP contribution < -0.4 is 5.32 Å². The van der Waals surface area contributed by atoms with Gasteiger partial charge < -0.3 is 10.2 Å². The zero-order chi connectivity index (χ0) is 12.3. The van der Waals surface area contributed by atoms with Gasteiger partial charge in [-0.1, -0.05) is 17.7 Å². The summed E-state index contributed by atoms with van der Waals surface area (Å²) in [6, 6.07) is 4.10. The predicted molar refractivity (Wildman–Crippen MR) is 61.5 cm³/mol. The van der Waals surface area contributed by atoms with Crippen LogP contribution in [0, 0.1) is 6.92 Å². The van der Waals surface area contributed by atoms with E-state index in [1.54, 1.807) is 12.1 Å². The number of phenols is 1. The quantitative estimate of drug-likeness (QED) is 0.728. The summed E-state index contributed by atoms with van der Waals surface area (Å²) in [5.41, 5.74) is 1.32. The number of aliphatic carboxylic acids is 1. The van der Waals surface area contributed by atoms with Crippen molar-refractivity contribution in [3.05, 3.63) is 29.3 Å². The molecule has 0 aliphatic rings. The Morgan fingerprint density at radius 1 is 1.38 bits per heavy atom. The fourth-order valence-electron chi connectivity index (χ4n) is 1.53. The lowest BCUT2D eigenvalue weighted by Crippen LogP contribution is -2.33. The number of hydrogen-bond donors (Lipinski definition) is 3. The molecule has 1 rings (SSSR count). The number of aromatic hydroxyl groups is 1. The van der Waals surface area contributed by atoms with E-state index in [-0.39, 0.29) is 11.8 Å². The second-order valence-electron chi connectivity index (χ2n) is 4.15. The first kappa shape index (κ1) is 12.5. The van der Waals surface area contributed by atoms with E-state index in [1.807, 2.05) is 20.8 Å².